The summed E-state index contributed by atoms with van der Waals surface area (Å²) < 4.78 is 11.9. The summed E-state index contributed by atoms with van der Waals surface area (Å²) in [7, 11) is 0. The highest BCUT2D eigenvalue weighted by molar-refractivity contribution is 5.89. The Labute approximate surface area is 131 Å². The van der Waals surface area contributed by atoms with Gasteiger partial charge >= 0.3 is 0 Å². The van der Waals surface area contributed by atoms with Crippen molar-refractivity contribution in [1.82, 2.24) is 4.98 Å². The Balaban J connectivity index is 2.24. The van der Waals surface area contributed by atoms with Gasteiger partial charge in [-0.3, -0.25) is 4.79 Å². The zero-order valence-electron chi connectivity index (χ0n) is 13.4. The molecular weight excluding hydrogens is 278 g/mol. The van der Waals surface area contributed by atoms with Crippen LogP contribution in [0, 0.1) is 0 Å². The van der Waals surface area contributed by atoms with Crippen LogP contribution in [0.15, 0.2) is 24.3 Å². The second kappa shape index (κ2) is 8.71. The van der Waals surface area contributed by atoms with E-state index in [0.29, 0.717) is 18.9 Å². The monoisotopic (exact) mass is 303 g/mol. The molecule has 0 aliphatic carbocycles. The first kappa shape index (κ1) is 16.7. The predicted octanol–water partition coefficient (Wildman–Crippen LogP) is 4.61. The quantitative estimate of drug-likeness (QED) is 0.396. The number of nitrogens with one attached hydrogen (secondary N) is 1. The number of para-hydroxylation sites is 1. The van der Waals surface area contributed by atoms with Crippen LogP contribution in [0.2, 0.25) is 0 Å². The summed E-state index contributed by atoms with van der Waals surface area (Å²) in [4.78, 5) is 14.1. The first-order valence-electron chi connectivity index (χ1n) is 8.10. The maximum atomic E-state index is 11.0. The summed E-state index contributed by atoms with van der Waals surface area (Å²) in [6.45, 7) is 5.62. The van der Waals surface area contributed by atoms with E-state index in [0.717, 1.165) is 48.4 Å². The molecule has 2 aromatic rings. The molecule has 4 heteroatoms. The molecule has 120 valence electrons. The molecule has 0 unspecified atom stereocenters. The topological polar surface area (TPSA) is 51.3 Å². The molecule has 0 bridgehead atoms. The number of hydrogen-bond acceptors (Lipinski definition) is 3. The van der Waals surface area contributed by atoms with Gasteiger partial charge in [-0.25, -0.2) is 0 Å². The van der Waals surface area contributed by atoms with Crippen molar-refractivity contribution in [2.24, 2.45) is 0 Å². The molecular formula is C18H25NO3. The second-order valence-corrected chi connectivity index (χ2v) is 5.43. The minimum Gasteiger partial charge on any atom is -0.352 e. The summed E-state index contributed by atoms with van der Waals surface area (Å²) in [6.07, 6.45) is 4.63. The first-order chi connectivity index (χ1) is 10.8. The van der Waals surface area contributed by atoms with Gasteiger partial charge in [0, 0.05) is 10.9 Å². The van der Waals surface area contributed by atoms with Gasteiger partial charge in [0.2, 0.25) is 0 Å². The number of benzene rings is 1. The van der Waals surface area contributed by atoms with E-state index in [1.54, 1.807) is 0 Å². The molecule has 1 aromatic carbocycles. The van der Waals surface area contributed by atoms with Crippen LogP contribution < -0.4 is 0 Å². The Morgan fingerprint density at radius 3 is 2.41 bits per heavy atom. The Kier molecular flexibility index (Phi) is 6.62. The highest BCUT2D eigenvalue weighted by Crippen LogP contribution is 2.28. The maximum absolute atomic E-state index is 11.0. The van der Waals surface area contributed by atoms with Crippen molar-refractivity contribution in [1.29, 1.82) is 0 Å². The molecule has 0 amide bonds. The summed E-state index contributed by atoms with van der Waals surface area (Å²) in [5.74, 6) is 0. The van der Waals surface area contributed by atoms with E-state index in [4.69, 9.17) is 9.47 Å². The number of carbonyl (C=O) groups excluding carboxylic acids is 1. The third-order valence-corrected chi connectivity index (χ3v) is 3.62. The SMILES string of the molecule is CCCCOC(OCCCC)c1cccc2cc(C=O)[nH]c12. The van der Waals surface area contributed by atoms with Crippen LogP contribution in [0.5, 0.6) is 0 Å². The smallest absolute Gasteiger partial charge is 0.185 e. The predicted molar refractivity (Wildman–Crippen MR) is 88.1 cm³/mol. The van der Waals surface area contributed by atoms with Crippen molar-refractivity contribution in [2.75, 3.05) is 13.2 Å². The van der Waals surface area contributed by atoms with Gasteiger partial charge in [0.05, 0.1) is 24.4 Å². The Hall–Kier alpha value is -1.65. The fourth-order valence-corrected chi connectivity index (χ4v) is 2.36. The fourth-order valence-electron chi connectivity index (χ4n) is 2.36. The molecule has 0 atom stereocenters. The molecule has 4 nitrogen and oxygen atoms in total. The van der Waals surface area contributed by atoms with Crippen LogP contribution in [0.1, 0.15) is 61.9 Å². The number of rotatable bonds is 10. The van der Waals surface area contributed by atoms with Gasteiger partial charge in [-0.05, 0) is 18.9 Å². The van der Waals surface area contributed by atoms with Gasteiger partial charge < -0.3 is 14.5 Å². The molecule has 0 radical (unpaired) electrons. The number of H-pyrrole nitrogens is 1. The zero-order chi connectivity index (χ0) is 15.8. The van der Waals surface area contributed by atoms with Crippen LogP contribution in [-0.2, 0) is 9.47 Å². The van der Waals surface area contributed by atoms with Crippen LogP contribution in [-0.4, -0.2) is 24.5 Å². The van der Waals surface area contributed by atoms with Crippen LogP contribution >= 0.6 is 0 Å². The summed E-state index contributed by atoms with van der Waals surface area (Å²) in [6, 6.07) is 7.80. The Morgan fingerprint density at radius 2 is 1.82 bits per heavy atom. The van der Waals surface area contributed by atoms with Crippen molar-refractivity contribution in [2.45, 2.75) is 45.8 Å². The van der Waals surface area contributed by atoms with E-state index in [2.05, 4.69) is 18.8 Å². The van der Waals surface area contributed by atoms with E-state index in [9.17, 15) is 4.79 Å². The van der Waals surface area contributed by atoms with Crippen molar-refractivity contribution in [3.05, 3.63) is 35.5 Å². The lowest BCUT2D eigenvalue weighted by atomic mass is 10.1. The van der Waals surface area contributed by atoms with E-state index < -0.39 is 0 Å². The molecule has 0 aliphatic rings. The maximum Gasteiger partial charge on any atom is 0.185 e. The molecule has 1 aromatic heterocycles. The van der Waals surface area contributed by atoms with Gasteiger partial charge in [-0.2, -0.15) is 0 Å². The highest BCUT2D eigenvalue weighted by atomic mass is 16.7. The minimum absolute atomic E-state index is 0.389. The van der Waals surface area contributed by atoms with Gasteiger partial charge in [0.1, 0.15) is 0 Å². The second-order valence-electron chi connectivity index (χ2n) is 5.43. The lowest BCUT2D eigenvalue weighted by molar-refractivity contribution is -0.147. The van der Waals surface area contributed by atoms with E-state index >= 15 is 0 Å². The summed E-state index contributed by atoms with van der Waals surface area (Å²) in [5, 5.41) is 1.00. The number of fused-ring (bicyclic) bond motifs is 1. The molecule has 1 N–H and O–H groups in total. The van der Waals surface area contributed by atoms with Crippen molar-refractivity contribution < 1.29 is 14.3 Å². The van der Waals surface area contributed by atoms with Crippen LogP contribution in [0.25, 0.3) is 10.9 Å². The number of aromatic nitrogens is 1. The zero-order valence-corrected chi connectivity index (χ0v) is 13.4. The molecule has 0 spiro atoms. The third-order valence-electron chi connectivity index (χ3n) is 3.62. The average molecular weight is 303 g/mol. The van der Waals surface area contributed by atoms with Crippen LogP contribution in [0.3, 0.4) is 0 Å². The van der Waals surface area contributed by atoms with Gasteiger partial charge in [0.15, 0.2) is 12.6 Å². The van der Waals surface area contributed by atoms with Gasteiger partial charge in [-0.1, -0.05) is 44.9 Å². The molecule has 22 heavy (non-hydrogen) atoms. The first-order valence-corrected chi connectivity index (χ1v) is 8.10. The van der Waals surface area contributed by atoms with E-state index in [-0.39, 0.29) is 6.29 Å². The number of aldehydes is 1. The van der Waals surface area contributed by atoms with Gasteiger partial charge in [0.25, 0.3) is 0 Å². The number of hydrogen-bond donors (Lipinski definition) is 1. The van der Waals surface area contributed by atoms with E-state index in [1.807, 2.05) is 24.3 Å². The fraction of sp³-hybridized carbons (Fsp3) is 0.500. The number of unbranched alkanes of at least 4 members (excludes halogenated alkanes) is 2. The Bertz CT molecular complexity index is 581. The summed E-state index contributed by atoms with van der Waals surface area (Å²) in [5.41, 5.74) is 2.45. The lowest BCUT2D eigenvalue weighted by Gasteiger charge is -2.19. The Morgan fingerprint density at radius 1 is 1.14 bits per heavy atom. The largest absolute Gasteiger partial charge is 0.352 e. The normalized spacial score (nSPS) is 11.4. The van der Waals surface area contributed by atoms with Crippen molar-refractivity contribution in [3.8, 4) is 0 Å². The molecule has 0 saturated carbocycles. The number of carbonyl (C=O) groups is 1. The van der Waals surface area contributed by atoms with Crippen molar-refractivity contribution in [3.63, 3.8) is 0 Å². The highest BCUT2D eigenvalue weighted by Gasteiger charge is 2.17. The third kappa shape index (κ3) is 4.18. The molecule has 0 aliphatic heterocycles. The standard InChI is InChI=1S/C18H25NO3/c1-3-5-10-21-18(22-11-6-4-2)16-9-7-8-14-12-15(13-20)19-17(14)16/h7-9,12-13,18-19H,3-6,10-11H2,1-2H3. The molecule has 0 fully saturated rings. The minimum atomic E-state index is -0.389. The number of aromatic amines is 1. The summed E-state index contributed by atoms with van der Waals surface area (Å²) >= 11 is 0. The van der Waals surface area contributed by atoms with Crippen LogP contribution in [0.4, 0.5) is 0 Å². The molecule has 1 heterocycles. The van der Waals surface area contributed by atoms with Gasteiger partial charge in [-0.15, -0.1) is 0 Å². The van der Waals surface area contributed by atoms with Crippen molar-refractivity contribution >= 4 is 17.2 Å². The van der Waals surface area contributed by atoms with E-state index in [1.165, 1.54) is 0 Å². The molecule has 0 saturated heterocycles. The average Bonchev–Trinajstić information content (AvgIpc) is 2.97. The molecule has 2 rings (SSSR count). The number of ether oxygens (including phenoxy) is 2. The lowest BCUT2D eigenvalue weighted by Crippen LogP contribution is -2.11.